The van der Waals surface area contributed by atoms with Crippen LogP contribution in [0.15, 0.2) is 59.0 Å². The Labute approximate surface area is 147 Å². The Hall–Kier alpha value is -3.26. The number of hydrogen-bond acceptors (Lipinski definition) is 7. The number of nitro benzene ring substituents is 1. The Bertz CT molecular complexity index is 924. The van der Waals surface area contributed by atoms with Crippen LogP contribution in [0.5, 0.6) is 5.75 Å². The quantitative estimate of drug-likeness (QED) is 0.407. The number of nitrogens with one attached hydrogen (secondary N) is 1. The minimum absolute atomic E-state index is 0.0247. The van der Waals surface area contributed by atoms with Crippen molar-refractivity contribution in [2.75, 3.05) is 12.5 Å². The lowest BCUT2D eigenvalue weighted by atomic mass is 10.1. The van der Waals surface area contributed by atoms with Crippen molar-refractivity contribution in [3.8, 4) is 17.0 Å². The van der Waals surface area contributed by atoms with Gasteiger partial charge in [-0.15, -0.1) is 11.3 Å². The van der Waals surface area contributed by atoms with Gasteiger partial charge in [0.05, 0.1) is 23.9 Å². The molecule has 0 atom stereocenters. The number of non-ortho nitro benzene ring substituents is 1. The van der Waals surface area contributed by atoms with Gasteiger partial charge in [-0.3, -0.25) is 15.5 Å². The van der Waals surface area contributed by atoms with Gasteiger partial charge in [0.1, 0.15) is 5.75 Å². The van der Waals surface area contributed by atoms with Crippen LogP contribution in [0.25, 0.3) is 11.3 Å². The van der Waals surface area contributed by atoms with Crippen LogP contribution in [-0.2, 0) is 0 Å². The number of nitrogens with zero attached hydrogens (tertiary/aromatic N) is 3. The van der Waals surface area contributed by atoms with Crippen molar-refractivity contribution in [2.45, 2.75) is 0 Å². The summed E-state index contributed by atoms with van der Waals surface area (Å²) < 4.78 is 5.34. The zero-order valence-electron chi connectivity index (χ0n) is 13.2. The van der Waals surface area contributed by atoms with Gasteiger partial charge in [-0.1, -0.05) is 24.3 Å². The molecule has 3 rings (SSSR count). The van der Waals surface area contributed by atoms with Crippen molar-refractivity contribution in [1.82, 2.24) is 4.98 Å². The summed E-state index contributed by atoms with van der Waals surface area (Å²) in [7, 11) is 1.62. The summed E-state index contributed by atoms with van der Waals surface area (Å²) in [6, 6.07) is 13.9. The Morgan fingerprint density at radius 2 is 2.12 bits per heavy atom. The van der Waals surface area contributed by atoms with Crippen LogP contribution in [0, 0.1) is 10.1 Å². The van der Waals surface area contributed by atoms with Gasteiger partial charge in [-0.2, -0.15) is 5.10 Å². The third kappa shape index (κ3) is 3.99. The first-order valence-corrected chi connectivity index (χ1v) is 8.18. The van der Waals surface area contributed by atoms with Crippen molar-refractivity contribution >= 4 is 28.4 Å². The predicted octanol–water partition coefficient (Wildman–Crippen LogP) is 4.17. The Kier molecular flexibility index (Phi) is 5.00. The molecule has 25 heavy (non-hydrogen) atoms. The van der Waals surface area contributed by atoms with Gasteiger partial charge in [-0.25, -0.2) is 4.98 Å². The van der Waals surface area contributed by atoms with Gasteiger partial charge in [0.2, 0.25) is 5.13 Å². The molecule has 7 nitrogen and oxygen atoms in total. The second-order valence-corrected chi connectivity index (χ2v) is 5.82. The van der Waals surface area contributed by atoms with Crippen LogP contribution in [0.3, 0.4) is 0 Å². The highest BCUT2D eigenvalue weighted by Crippen LogP contribution is 2.31. The van der Waals surface area contributed by atoms with Gasteiger partial charge in [0.25, 0.3) is 5.69 Å². The topological polar surface area (TPSA) is 89.6 Å². The van der Waals surface area contributed by atoms with E-state index in [0.717, 1.165) is 17.0 Å². The minimum Gasteiger partial charge on any atom is -0.496 e. The maximum absolute atomic E-state index is 10.8. The highest BCUT2D eigenvalue weighted by Gasteiger charge is 2.09. The second-order valence-electron chi connectivity index (χ2n) is 4.96. The molecule has 1 heterocycles. The molecule has 0 fully saturated rings. The first kappa shape index (κ1) is 16.6. The van der Waals surface area contributed by atoms with E-state index in [-0.39, 0.29) is 5.69 Å². The third-order valence-electron chi connectivity index (χ3n) is 3.34. The molecule has 126 valence electrons. The molecular formula is C17H14N4O3S. The van der Waals surface area contributed by atoms with Crippen LogP contribution >= 0.6 is 11.3 Å². The number of ether oxygens (including phenoxy) is 1. The number of anilines is 1. The fourth-order valence-electron chi connectivity index (χ4n) is 2.19. The molecule has 0 aliphatic carbocycles. The van der Waals surface area contributed by atoms with E-state index < -0.39 is 4.92 Å². The highest BCUT2D eigenvalue weighted by atomic mass is 32.1. The van der Waals surface area contributed by atoms with E-state index in [0.29, 0.717) is 10.7 Å². The number of aromatic nitrogens is 1. The standard InChI is InChI=1S/C17H14N4O3S/c1-24-16-8-3-2-7-14(16)15-11-25-17(19-15)20-18-10-12-5-4-6-13(9-12)21(22)23/h2-11H,1H3,(H,19,20)/b18-10-. The summed E-state index contributed by atoms with van der Waals surface area (Å²) in [5.74, 6) is 0.749. The van der Waals surface area contributed by atoms with Gasteiger partial charge < -0.3 is 4.74 Å². The van der Waals surface area contributed by atoms with Gasteiger partial charge in [0.15, 0.2) is 0 Å². The van der Waals surface area contributed by atoms with E-state index in [1.165, 1.54) is 29.7 Å². The average Bonchev–Trinajstić information content (AvgIpc) is 3.10. The summed E-state index contributed by atoms with van der Waals surface area (Å²) in [4.78, 5) is 14.8. The van der Waals surface area contributed by atoms with Crippen LogP contribution in [0.4, 0.5) is 10.8 Å². The molecule has 0 bridgehead atoms. The summed E-state index contributed by atoms with van der Waals surface area (Å²) in [6.45, 7) is 0. The zero-order valence-corrected chi connectivity index (χ0v) is 14.1. The van der Waals surface area contributed by atoms with Crippen molar-refractivity contribution in [1.29, 1.82) is 0 Å². The van der Waals surface area contributed by atoms with E-state index >= 15 is 0 Å². The van der Waals surface area contributed by atoms with Crippen LogP contribution in [-0.4, -0.2) is 23.2 Å². The Morgan fingerprint density at radius 1 is 1.28 bits per heavy atom. The number of thiazole rings is 1. The summed E-state index contributed by atoms with van der Waals surface area (Å²) in [6.07, 6.45) is 1.51. The minimum atomic E-state index is -0.439. The summed E-state index contributed by atoms with van der Waals surface area (Å²) >= 11 is 1.41. The number of nitro groups is 1. The van der Waals surface area contributed by atoms with E-state index in [1.54, 1.807) is 19.2 Å². The Morgan fingerprint density at radius 3 is 2.92 bits per heavy atom. The summed E-state index contributed by atoms with van der Waals surface area (Å²) in [5.41, 5.74) is 5.18. The maximum Gasteiger partial charge on any atom is 0.270 e. The molecule has 0 unspecified atom stereocenters. The van der Waals surface area contributed by atoms with Gasteiger partial charge in [0, 0.05) is 28.6 Å². The second kappa shape index (κ2) is 7.54. The molecule has 0 saturated carbocycles. The average molecular weight is 354 g/mol. The molecule has 0 amide bonds. The largest absolute Gasteiger partial charge is 0.496 e. The van der Waals surface area contributed by atoms with Gasteiger partial charge >= 0.3 is 0 Å². The number of hydrazone groups is 1. The Balaban J connectivity index is 1.72. The maximum atomic E-state index is 10.8. The van der Waals surface area contributed by atoms with Crippen molar-refractivity contribution < 1.29 is 9.66 Å². The molecule has 8 heteroatoms. The molecule has 0 spiro atoms. The zero-order chi connectivity index (χ0) is 17.6. The van der Waals surface area contributed by atoms with E-state index in [4.69, 9.17) is 4.74 Å². The van der Waals surface area contributed by atoms with Crippen molar-refractivity contribution in [3.05, 3.63) is 69.6 Å². The fourth-order valence-corrected chi connectivity index (χ4v) is 2.85. The predicted molar refractivity (Wildman–Crippen MR) is 98.4 cm³/mol. The van der Waals surface area contributed by atoms with Crippen molar-refractivity contribution in [3.63, 3.8) is 0 Å². The smallest absolute Gasteiger partial charge is 0.270 e. The molecule has 0 aliphatic heterocycles. The molecular weight excluding hydrogens is 340 g/mol. The number of methoxy groups -OCH3 is 1. The SMILES string of the molecule is COc1ccccc1-c1csc(N/N=C\c2cccc([N+](=O)[O-])c2)n1. The summed E-state index contributed by atoms with van der Waals surface area (Å²) in [5, 5.41) is 17.4. The fraction of sp³-hybridized carbons (Fsp3) is 0.0588. The van der Waals surface area contributed by atoms with E-state index in [9.17, 15) is 10.1 Å². The molecule has 1 N–H and O–H groups in total. The monoisotopic (exact) mass is 354 g/mol. The lowest BCUT2D eigenvalue weighted by Crippen LogP contribution is -1.92. The molecule has 0 aliphatic rings. The lowest BCUT2D eigenvalue weighted by molar-refractivity contribution is -0.384. The van der Waals surface area contributed by atoms with Gasteiger partial charge in [-0.05, 0) is 12.1 Å². The lowest BCUT2D eigenvalue weighted by Gasteiger charge is -2.04. The van der Waals surface area contributed by atoms with Crippen LogP contribution in [0.1, 0.15) is 5.56 Å². The number of hydrogen-bond donors (Lipinski definition) is 1. The first-order chi connectivity index (χ1) is 12.2. The molecule has 2 aromatic carbocycles. The first-order valence-electron chi connectivity index (χ1n) is 7.30. The number of para-hydroxylation sites is 1. The molecule has 1 aromatic heterocycles. The van der Waals surface area contributed by atoms with Crippen LogP contribution in [0.2, 0.25) is 0 Å². The van der Waals surface area contributed by atoms with Crippen LogP contribution < -0.4 is 10.2 Å². The highest BCUT2D eigenvalue weighted by molar-refractivity contribution is 7.14. The number of benzene rings is 2. The molecule has 0 saturated heterocycles. The molecule has 3 aromatic rings. The molecule has 0 radical (unpaired) electrons. The normalized spacial score (nSPS) is 10.8. The third-order valence-corrected chi connectivity index (χ3v) is 4.09. The van der Waals surface area contributed by atoms with E-state index in [1.807, 2.05) is 29.6 Å². The van der Waals surface area contributed by atoms with Crippen molar-refractivity contribution in [2.24, 2.45) is 5.10 Å². The van der Waals surface area contributed by atoms with E-state index in [2.05, 4.69) is 15.5 Å². The number of rotatable bonds is 6.